The van der Waals surface area contributed by atoms with Gasteiger partial charge in [0.2, 0.25) is 0 Å². The summed E-state index contributed by atoms with van der Waals surface area (Å²) >= 11 is 1.65. The van der Waals surface area contributed by atoms with E-state index in [2.05, 4.69) is 40.1 Å². The Bertz CT molecular complexity index is 1060. The van der Waals surface area contributed by atoms with Gasteiger partial charge in [0.1, 0.15) is 28.1 Å². The second-order valence-corrected chi connectivity index (χ2v) is 9.21. The van der Waals surface area contributed by atoms with Crippen LogP contribution in [0.25, 0.3) is 10.6 Å². The third-order valence-corrected chi connectivity index (χ3v) is 6.57. The van der Waals surface area contributed by atoms with E-state index in [9.17, 15) is 0 Å². The molecule has 0 spiro atoms. The van der Waals surface area contributed by atoms with E-state index in [1.807, 2.05) is 25.1 Å². The summed E-state index contributed by atoms with van der Waals surface area (Å²) in [6.07, 6.45) is 0. The first-order valence-electron chi connectivity index (χ1n) is 11.0. The van der Waals surface area contributed by atoms with E-state index in [1.165, 1.54) is 0 Å². The third-order valence-electron chi connectivity index (χ3n) is 5.65. The highest BCUT2D eigenvalue weighted by Crippen LogP contribution is 2.35. The van der Waals surface area contributed by atoms with Gasteiger partial charge in [-0.3, -0.25) is 4.90 Å². The van der Waals surface area contributed by atoms with E-state index < -0.39 is 0 Å². The second-order valence-electron chi connectivity index (χ2n) is 8.35. The van der Waals surface area contributed by atoms with Crippen LogP contribution in [0.15, 0.2) is 29.6 Å². The third kappa shape index (κ3) is 5.02. The molecule has 1 aromatic carbocycles. The van der Waals surface area contributed by atoms with Crippen LogP contribution in [0, 0.1) is 6.92 Å². The molecule has 0 aliphatic carbocycles. The van der Waals surface area contributed by atoms with Crippen LogP contribution in [0.4, 0.5) is 5.82 Å². The number of hydrogen-bond donors (Lipinski definition) is 0. The van der Waals surface area contributed by atoms with E-state index in [0.29, 0.717) is 5.92 Å². The number of anilines is 1. The number of rotatable bonds is 7. The van der Waals surface area contributed by atoms with Crippen molar-refractivity contribution in [3.8, 4) is 22.1 Å². The monoisotopic (exact) mass is 453 g/mol. The van der Waals surface area contributed by atoms with Crippen molar-refractivity contribution in [1.29, 1.82) is 0 Å². The summed E-state index contributed by atoms with van der Waals surface area (Å²) in [6, 6.07) is 7.94. The molecule has 32 heavy (non-hydrogen) atoms. The van der Waals surface area contributed by atoms with Crippen molar-refractivity contribution >= 4 is 17.2 Å². The molecule has 1 aliphatic rings. The molecule has 170 valence electrons. The lowest BCUT2D eigenvalue weighted by Crippen LogP contribution is -2.46. The van der Waals surface area contributed by atoms with Crippen LogP contribution >= 0.6 is 11.3 Å². The molecular formula is C24H31N5O2S. The van der Waals surface area contributed by atoms with Crippen molar-refractivity contribution in [2.45, 2.75) is 33.2 Å². The maximum atomic E-state index is 5.55. The van der Waals surface area contributed by atoms with Crippen LogP contribution in [0.5, 0.6) is 11.5 Å². The summed E-state index contributed by atoms with van der Waals surface area (Å²) < 4.78 is 10.8. The molecule has 2 aromatic heterocycles. The van der Waals surface area contributed by atoms with Crippen molar-refractivity contribution < 1.29 is 9.47 Å². The number of aryl methyl sites for hydroxylation is 1. The lowest BCUT2D eigenvalue weighted by molar-refractivity contribution is 0.247. The Morgan fingerprint density at radius 2 is 1.78 bits per heavy atom. The molecule has 0 unspecified atom stereocenters. The highest BCUT2D eigenvalue weighted by molar-refractivity contribution is 7.13. The second kappa shape index (κ2) is 9.83. The highest BCUT2D eigenvalue weighted by atomic mass is 32.1. The Morgan fingerprint density at radius 1 is 1.00 bits per heavy atom. The van der Waals surface area contributed by atoms with Crippen molar-refractivity contribution in [3.63, 3.8) is 0 Å². The predicted octanol–water partition coefficient (Wildman–Crippen LogP) is 4.37. The fourth-order valence-electron chi connectivity index (χ4n) is 3.84. The summed E-state index contributed by atoms with van der Waals surface area (Å²) in [5.41, 5.74) is 3.12. The Hall–Kier alpha value is -2.71. The maximum absolute atomic E-state index is 5.55. The van der Waals surface area contributed by atoms with E-state index in [4.69, 9.17) is 19.4 Å². The van der Waals surface area contributed by atoms with E-state index in [1.54, 1.807) is 25.6 Å². The Balaban J connectivity index is 1.39. The molecule has 0 atom stereocenters. The number of nitrogens with zero attached hydrogens (tertiary/aromatic N) is 5. The molecule has 1 saturated heterocycles. The smallest absolute Gasteiger partial charge is 0.133 e. The molecule has 3 aromatic rings. The Kier molecular flexibility index (Phi) is 6.91. The molecular weight excluding hydrogens is 422 g/mol. The van der Waals surface area contributed by atoms with Gasteiger partial charge in [-0.05, 0) is 19.1 Å². The van der Waals surface area contributed by atoms with Crippen LogP contribution in [-0.2, 0) is 6.54 Å². The summed E-state index contributed by atoms with van der Waals surface area (Å²) in [4.78, 5) is 19.1. The average molecular weight is 454 g/mol. The Morgan fingerprint density at radius 3 is 2.47 bits per heavy atom. The molecule has 1 aliphatic heterocycles. The molecule has 0 saturated carbocycles. The molecule has 0 radical (unpaired) electrons. The average Bonchev–Trinajstić information content (AvgIpc) is 3.26. The zero-order valence-electron chi connectivity index (χ0n) is 19.5. The van der Waals surface area contributed by atoms with Gasteiger partial charge in [0.05, 0.1) is 25.5 Å². The standard InChI is InChI=1S/C24H31N5O2S/c1-16(2)23-25-17(3)12-22(27-23)29-10-8-28(9-11-29)14-18-15-32-24(26-18)20-7-6-19(30-4)13-21(20)31-5/h6-7,12-13,15-16H,8-11,14H2,1-5H3. The van der Waals surface area contributed by atoms with Gasteiger partial charge in [0.25, 0.3) is 0 Å². The maximum Gasteiger partial charge on any atom is 0.133 e. The highest BCUT2D eigenvalue weighted by Gasteiger charge is 2.21. The molecule has 8 heteroatoms. The van der Waals surface area contributed by atoms with Crippen molar-refractivity contribution in [1.82, 2.24) is 19.9 Å². The Labute approximate surface area is 194 Å². The minimum atomic E-state index is 0.332. The van der Waals surface area contributed by atoms with Crippen LogP contribution < -0.4 is 14.4 Å². The summed E-state index contributed by atoms with van der Waals surface area (Å²) in [5, 5.41) is 3.12. The normalized spacial score (nSPS) is 14.8. The number of ether oxygens (including phenoxy) is 2. The quantitative estimate of drug-likeness (QED) is 0.526. The van der Waals surface area contributed by atoms with Gasteiger partial charge in [-0.1, -0.05) is 13.8 Å². The largest absolute Gasteiger partial charge is 0.497 e. The van der Waals surface area contributed by atoms with Crippen molar-refractivity contribution in [3.05, 3.63) is 46.9 Å². The topological polar surface area (TPSA) is 63.6 Å². The molecule has 3 heterocycles. The van der Waals surface area contributed by atoms with Crippen LogP contribution in [-0.4, -0.2) is 60.3 Å². The molecule has 1 fully saturated rings. The summed E-state index contributed by atoms with van der Waals surface area (Å²) in [6.45, 7) is 11.1. The van der Waals surface area contributed by atoms with Gasteiger partial charge in [0, 0.05) is 61.8 Å². The molecule has 0 amide bonds. The van der Waals surface area contributed by atoms with Crippen LogP contribution in [0.2, 0.25) is 0 Å². The number of hydrogen-bond acceptors (Lipinski definition) is 8. The van der Waals surface area contributed by atoms with Gasteiger partial charge in [-0.25, -0.2) is 15.0 Å². The first kappa shape index (κ1) is 22.5. The zero-order valence-corrected chi connectivity index (χ0v) is 20.3. The van der Waals surface area contributed by atoms with Gasteiger partial charge < -0.3 is 14.4 Å². The number of methoxy groups -OCH3 is 2. The fourth-order valence-corrected chi connectivity index (χ4v) is 4.68. The molecule has 0 N–H and O–H groups in total. The lowest BCUT2D eigenvalue weighted by atomic mass is 10.2. The molecule has 4 rings (SSSR count). The van der Waals surface area contributed by atoms with Crippen LogP contribution in [0.3, 0.4) is 0 Å². The van der Waals surface area contributed by atoms with Crippen LogP contribution in [0.1, 0.15) is 37.0 Å². The summed E-state index contributed by atoms with van der Waals surface area (Å²) in [7, 11) is 3.33. The first-order valence-corrected chi connectivity index (χ1v) is 11.8. The minimum absolute atomic E-state index is 0.332. The van der Waals surface area contributed by atoms with E-state index in [0.717, 1.165) is 77.8 Å². The number of piperazine rings is 1. The minimum Gasteiger partial charge on any atom is -0.497 e. The predicted molar refractivity (Wildman–Crippen MR) is 129 cm³/mol. The summed E-state index contributed by atoms with van der Waals surface area (Å²) in [5.74, 6) is 3.85. The van der Waals surface area contributed by atoms with Gasteiger partial charge in [-0.2, -0.15) is 0 Å². The van der Waals surface area contributed by atoms with Gasteiger partial charge in [0.15, 0.2) is 0 Å². The van der Waals surface area contributed by atoms with E-state index >= 15 is 0 Å². The fraction of sp³-hybridized carbons (Fsp3) is 0.458. The van der Waals surface area contributed by atoms with Gasteiger partial charge in [-0.15, -0.1) is 11.3 Å². The SMILES string of the molecule is COc1ccc(-c2nc(CN3CCN(c4cc(C)nc(C(C)C)n4)CC3)cs2)c(OC)c1. The molecule has 0 bridgehead atoms. The van der Waals surface area contributed by atoms with Crippen molar-refractivity contribution in [2.75, 3.05) is 45.3 Å². The first-order chi connectivity index (χ1) is 15.5. The molecule has 7 nitrogen and oxygen atoms in total. The van der Waals surface area contributed by atoms with E-state index in [-0.39, 0.29) is 0 Å². The van der Waals surface area contributed by atoms with Gasteiger partial charge >= 0.3 is 0 Å². The zero-order chi connectivity index (χ0) is 22.7. The number of aromatic nitrogens is 3. The number of thiazole rings is 1. The number of benzene rings is 1. The lowest BCUT2D eigenvalue weighted by Gasteiger charge is -2.35. The van der Waals surface area contributed by atoms with Crippen molar-refractivity contribution in [2.24, 2.45) is 0 Å².